The predicted octanol–water partition coefficient (Wildman–Crippen LogP) is 1.40. The minimum atomic E-state index is -0.0690. The summed E-state index contributed by atoms with van der Waals surface area (Å²) in [5.41, 5.74) is 3.96. The molecule has 0 aliphatic carbocycles. The molecule has 0 aliphatic rings. The summed E-state index contributed by atoms with van der Waals surface area (Å²) in [6, 6.07) is 1.76. The Morgan fingerprint density at radius 1 is 1.43 bits per heavy atom. The molecular formula is C9H9N3OS. The van der Waals surface area contributed by atoms with Crippen LogP contribution in [0.15, 0.2) is 17.0 Å². The van der Waals surface area contributed by atoms with E-state index in [1.54, 1.807) is 11.6 Å². The molecule has 2 heterocycles. The molecule has 2 aromatic rings. The maximum Gasteiger partial charge on any atom is 0.179 e. The number of rotatable bonds is 2. The number of aryl methyl sites for hydroxylation is 1. The summed E-state index contributed by atoms with van der Waals surface area (Å²) in [5, 5.41) is 10.9. The number of nitrogens with zero attached hydrogens (tertiary/aromatic N) is 3. The third kappa shape index (κ3) is 1.78. The Morgan fingerprint density at radius 2 is 2.29 bits per heavy atom. The van der Waals surface area contributed by atoms with Crippen LogP contribution in [0.4, 0.5) is 0 Å². The number of hydrogen-bond acceptors (Lipinski definition) is 5. The van der Waals surface area contributed by atoms with Gasteiger partial charge >= 0.3 is 0 Å². The molecule has 0 atom stereocenters. The van der Waals surface area contributed by atoms with Crippen molar-refractivity contribution in [2.75, 3.05) is 0 Å². The minimum Gasteiger partial charge on any atom is -0.390 e. The second-order valence-corrected chi connectivity index (χ2v) is 3.57. The van der Waals surface area contributed by atoms with Crippen molar-refractivity contribution in [1.82, 2.24) is 15.0 Å². The van der Waals surface area contributed by atoms with E-state index in [4.69, 9.17) is 5.11 Å². The van der Waals surface area contributed by atoms with Crippen molar-refractivity contribution in [1.29, 1.82) is 0 Å². The van der Waals surface area contributed by atoms with Gasteiger partial charge in [-0.3, -0.25) is 0 Å². The normalized spacial score (nSPS) is 10.4. The molecule has 0 amide bonds. The highest BCUT2D eigenvalue weighted by atomic mass is 32.1. The van der Waals surface area contributed by atoms with Crippen molar-refractivity contribution in [3.63, 3.8) is 0 Å². The van der Waals surface area contributed by atoms with Gasteiger partial charge in [-0.1, -0.05) is 0 Å². The zero-order valence-corrected chi connectivity index (χ0v) is 8.45. The van der Waals surface area contributed by atoms with Crippen LogP contribution >= 0.6 is 11.3 Å². The van der Waals surface area contributed by atoms with Gasteiger partial charge < -0.3 is 5.11 Å². The maximum atomic E-state index is 8.98. The third-order valence-electron chi connectivity index (χ3n) is 1.73. The van der Waals surface area contributed by atoms with Gasteiger partial charge in [-0.25, -0.2) is 15.0 Å². The lowest BCUT2D eigenvalue weighted by molar-refractivity contribution is 0.276. The molecule has 0 saturated carbocycles. The van der Waals surface area contributed by atoms with Crippen LogP contribution in [0.1, 0.15) is 11.4 Å². The van der Waals surface area contributed by atoms with Crippen molar-refractivity contribution in [3.8, 4) is 11.5 Å². The minimum absolute atomic E-state index is 0.0690. The van der Waals surface area contributed by atoms with Crippen LogP contribution in [0, 0.1) is 6.92 Å². The fourth-order valence-corrected chi connectivity index (χ4v) is 1.68. The molecule has 2 rings (SSSR count). The lowest BCUT2D eigenvalue weighted by atomic mass is 10.3. The fourth-order valence-electron chi connectivity index (χ4n) is 1.15. The van der Waals surface area contributed by atoms with Crippen molar-refractivity contribution >= 4 is 11.3 Å². The Morgan fingerprint density at radius 3 is 2.93 bits per heavy atom. The Balaban J connectivity index is 2.48. The molecular weight excluding hydrogens is 198 g/mol. The van der Waals surface area contributed by atoms with Gasteiger partial charge in [-0.2, -0.15) is 0 Å². The molecule has 0 unspecified atom stereocenters. The first-order chi connectivity index (χ1) is 6.79. The average Bonchev–Trinajstić information content (AvgIpc) is 2.69. The molecule has 14 heavy (non-hydrogen) atoms. The van der Waals surface area contributed by atoms with E-state index in [2.05, 4.69) is 15.0 Å². The zero-order valence-electron chi connectivity index (χ0n) is 7.64. The molecule has 0 spiro atoms. The van der Waals surface area contributed by atoms with E-state index in [-0.39, 0.29) is 6.61 Å². The van der Waals surface area contributed by atoms with Crippen LogP contribution in [0.3, 0.4) is 0 Å². The second-order valence-electron chi connectivity index (χ2n) is 2.86. The van der Waals surface area contributed by atoms with Crippen molar-refractivity contribution < 1.29 is 5.11 Å². The molecule has 0 saturated heterocycles. The topological polar surface area (TPSA) is 58.9 Å². The van der Waals surface area contributed by atoms with E-state index in [1.165, 1.54) is 11.3 Å². The summed E-state index contributed by atoms with van der Waals surface area (Å²) in [6.07, 6.45) is 0. The highest BCUT2D eigenvalue weighted by molar-refractivity contribution is 7.07. The SMILES string of the molecule is Cc1cc(CO)nc(-c2cscn2)n1. The van der Waals surface area contributed by atoms with E-state index >= 15 is 0 Å². The number of hydrogen-bond donors (Lipinski definition) is 1. The first-order valence-electron chi connectivity index (χ1n) is 4.13. The van der Waals surface area contributed by atoms with Gasteiger partial charge in [0.05, 0.1) is 17.8 Å². The second kappa shape index (κ2) is 3.81. The van der Waals surface area contributed by atoms with Crippen LogP contribution in [0.5, 0.6) is 0 Å². The zero-order chi connectivity index (χ0) is 9.97. The third-order valence-corrected chi connectivity index (χ3v) is 2.32. The van der Waals surface area contributed by atoms with Crippen molar-refractivity contribution in [2.24, 2.45) is 0 Å². The van der Waals surface area contributed by atoms with E-state index in [0.717, 1.165) is 11.4 Å². The summed E-state index contributed by atoms with van der Waals surface area (Å²) in [7, 11) is 0. The maximum absolute atomic E-state index is 8.98. The molecule has 0 bridgehead atoms. The Bertz CT molecular complexity index is 428. The monoisotopic (exact) mass is 207 g/mol. The van der Waals surface area contributed by atoms with Gasteiger partial charge in [-0.15, -0.1) is 11.3 Å². The van der Waals surface area contributed by atoms with E-state index in [1.807, 2.05) is 12.3 Å². The molecule has 72 valence electrons. The molecule has 0 radical (unpaired) electrons. The van der Waals surface area contributed by atoms with Gasteiger partial charge in [0.25, 0.3) is 0 Å². The Kier molecular flexibility index (Phi) is 2.51. The lowest BCUT2D eigenvalue weighted by Gasteiger charge is -2.00. The van der Waals surface area contributed by atoms with Crippen LogP contribution in [0.25, 0.3) is 11.5 Å². The van der Waals surface area contributed by atoms with Crippen LogP contribution in [-0.4, -0.2) is 20.1 Å². The molecule has 4 nitrogen and oxygen atoms in total. The average molecular weight is 207 g/mol. The summed E-state index contributed by atoms with van der Waals surface area (Å²) >= 11 is 1.50. The highest BCUT2D eigenvalue weighted by Crippen LogP contribution is 2.15. The van der Waals surface area contributed by atoms with Crippen LogP contribution in [0.2, 0.25) is 0 Å². The van der Waals surface area contributed by atoms with Crippen LogP contribution in [-0.2, 0) is 6.61 Å². The Labute approximate surface area is 85.3 Å². The first kappa shape index (κ1) is 9.23. The van der Waals surface area contributed by atoms with Gasteiger partial charge in [0.15, 0.2) is 5.82 Å². The molecule has 1 N–H and O–H groups in total. The molecule has 5 heteroatoms. The number of thiazole rings is 1. The molecule has 0 fully saturated rings. The summed E-state index contributed by atoms with van der Waals surface area (Å²) in [5.74, 6) is 0.579. The molecule has 0 aliphatic heterocycles. The van der Waals surface area contributed by atoms with Gasteiger partial charge in [-0.05, 0) is 13.0 Å². The summed E-state index contributed by atoms with van der Waals surface area (Å²) < 4.78 is 0. The summed E-state index contributed by atoms with van der Waals surface area (Å²) in [6.45, 7) is 1.80. The first-order valence-corrected chi connectivity index (χ1v) is 5.08. The van der Waals surface area contributed by atoms with E-state index < -0.39 is 0 Å². The number of aromatic nitrogens is 3. The fraction of sp³-hybridized carbons (Fsp3) is 0.222. The van der Waals surface area contributed by atoms with Crippen molar-refractivity contribution in [2.45, 2.75) is 13.5 Å². The highest BCUT2D eigenvalue weighted by Gasteiger charge is 2.05. The Hall–Kier alpha value is -1.33. The number of aliphatic hydroxyl groups excluding tert-OH is 1. The van der Waals surface area contributed by atoms with Crippen LogP contribution < -0.4 is 0 Å². The van der Waals surface area contributed by atoms with Gasteiger partial charge in [0.2, 0.25) is 0 Å². The van der Waals surface area contributed by atoms with Crippen molar-refractivity contribution in [3.05, 3.63) is 28.3 Å². The summed E-state index contributed by atoms with van der Waals surface area (Å²) in [4.78, 5) is 12.5. The van der Waals surface area contributed by atoms with Gasteiger partial charge in [0, 0.05) is 11.1 Å². The molecule has 2 aromatic heterocycles. The van der Waals surface area contributed by atoms with E-state index in [0.29, 0.717) is 11.5 Å². The van der Waals surface area contributed by atoms with E-state index in [9.17, 15) is 0 Å². The lowest BCUT2D eigenvalue weighted by Crippen LogP contribution is -1.97. The largest absolute Gasteiger partial charge is 0.390 e. The standard InChI is InChI=1S/C9H9N3OS/c1-6-2-7(3-13)12-9(11-6)8-4-14-5-10-8/h2,4-5,13H,3H2,1H3. The predicted molar refractivity (Wildman–Crippen MR) is 53.8 cm³/mol. The smallest absolute Gasteiger partial charge is 0.179 e. The quantitative estimate of drug-likeness (QED) is 0.808. The van der Waals surface area contributed by atoms with Gasteiger partial charge in [0.1, 0.15) is 5.69 Å². The number of aliphatic hydroxyl groups is 1. The molecule has 0 aromatic carbocycles.